The monoisotopic (exact) mass is 122 g/mol. The summed E-state index contributed by atoms with van der Waals surface area (Å²) in [4.78, 5) is 3.88. The smallest absolute Gasteiger partial charge is 0.173 e. The van der Waals surface area contributed by atoms with Crippen LogP contribution in [0.1, 0.15) is 0 Å². The minimum atomic E-state index is 0.155. The second kappa shape index (κ2) is 1.73. The van der Waals surface area contributed by atoms with Crippen molar-refractivity contribution in [3.63, 3.8) is 0 Å². The van der Waals surface area contributed by atoms with Crippen molar-refractivity contribution in [3.05, 3.63) is 18.6 Å². The molecule has 1 saturated heterocycles. The van der Waals surface area contributed by atoms with Gasteiger partial charge in [-0.15, -0.1) is 0 Å². The summed E-state index contributed by atoms with van der Waals surface area (Å²) in [5, 5.41) is 8.79. The van der Waals surface area contributed by atoms with Crippen molar-refractivity contribution in [3.8, 4) is 0 Å². The van der Waals surface area contributed by atoms with Gasteiger partial charge >= 0.3 is 0 Å². The number of rotatable bonds is 0. The van der Waals surface area contributed by atoms with Crippen molar-refractivity contribution < 1.29 is 0 Å². The van der Waals surface area contributed by atoms with Gasteiger partial charge in [0.2, 0.25) is 0 Å². The maximum atomic E-state index is 3.88. The van der Waals surface area contributed by atoms with E-state index in [4.69, 9.17) is 0 Å². The molecule has 2 radical (unpaired) electrons. The van der Waals surface area contributed by atoms with Crippen molar-refractivity contribution in [1.82, 2.24) is 16.0 Å². The van der Waals surface area contributed by atoms with Gasteiger partial charge in [-0.2, -0.15) is 0 Å². The van der Waals surface area contributed by atoms with Gasteiger partial charge in [0.1, 0.15) is 6.17 Å². The van der Waals surface area contributed by atoms with Gasteiger partial charge in [0.25, 0.3) is 0 Å². The molecule has 0 spiro atoms. The van der Waals surface area contributed by atoms with E-state index in [9.17, 15) is 0 Å². The van der Waals surface area contributed by atoms with E-state index in [-0.39, 0.29) is 6.17 Å². The van der Waals surface area contributed by atoms with Crippen LogP contribution in [0.25, 0.3) is 0 Å². The molecule has 0 aromatic rings. The van der Waals surface area contributed by atoms with Crippen LogP contribution >= 0.6 is 0 Å². The molecule has 0 amide bonds. The molecule has 2 heterocycles. The molecule has 1 fully saturated rings. The van der Waals surface area contributed by atoms with Gasteiger partial charge in [-0.25, -0.2) is 4.99 Å². The van der Waals surface area contributed by atoms with E-state index in [0.717, 1.165) is 5.70 Å². The highest BCUT2D eigenvalue weighted by atomic mass is 15.3. The van der Waals surface area contributed by atoms with Crippen LogP contribution in [0.3, 0.4) is 0 Å². The quantitative estimate of drug-likeness (QED) is 0.385. The Morgan fingerprint density at radius 1 is 1.67 bits per heavy atom. The first-order valence-corrected chi connectivity index (χ1v) is 2.71. The summed E-state index contributed by atoms with van der Waals surface area (Å²) in [6.07, 6.45) is 3.56. The molecule has 1 unspecified atom stereocenters. The Bertz CT molecular complexity index is 172. The fourth-order valence-electron chi connectivity index (χ4n) is 0.804. The van der Waals surface area contributed by atoms with E-state index in [1.54, 1.807) is 12.5 Å². The minimum Gasteiger partial charge on any atom is -0.360 e. The van der Waals surface area contributed by atoms with Gasteiger partial charge in [0.15, 0.2) is 6.67 Å². The molecule has 2 aliphatic heterocycles. The number of nitrogens with zero attached hydrogens (tertiary/aromatic N) is 1. The lowest BCUT2D eigenvalue weighted by atomic mass is 10.4. The van der Waals surface area contributed by atoms with Crippen LogP contribution in [0, 0.1) is 6.67 Å². The second-order valence-corrected chi connectivity index (χ2v) is 1.86. The van der Waals surface area contributed by atoms with Crippen LogP contribution in [0.5, 0.6) is 0 Å². The molecule has 2 aliphatic rings. The Morgan fingerprint density at radius 2 is 2.67 bits per heavy atom. The first-order chi connectivity index (χ1) is 4.47. The number of fused-ring (bicyclic) bond motifs is 1. The van der Waals surface area contributed by atoms with E-state index < -0.39 is 0 Å². The van der Waals surface area contributed by atoms with E-state index in [0.29, 0.717) is 0 Å². The normalized spacial score (nSPS) is 30.2. The molecule has 0 saturated carbocycles. The fraction of sp³-hybridized carbons (Fsp3) is 0.200. The molecule has 3 N–H and O–H groups in total. The van der Waals surface area contributed by atoms with E-state index in [1.165, 1.54) is 0 Å². The molecule has 0 aliphatic carbocycles. The standard InChI is InChI=1S/C5H6N4/c1-4-5(8-2-6-1)9-3-7-4/h1-2,5,7,9H,(H,6,8). The lowest BCUT2D eigenvalue weighted by molar-refractivity contribution is 0.657. The van der Waals surface area contributed by atoms with E-state index in [2.05, 4.69) is 27.6 Å². The van der Waals surface area contributed by atoms with Gasteiger partial charge in [0.05, 0.1) is 18.2 Å². The third-order valence-corrected chi connectivity index (χ3v) is 1.26. The Morgan fingerprint density at radius 3 is 3.56 bits per heavy atom. The molecule has 0 aromatic heterocycles. The van der Waals surface area contributed by atoms with Gasteiger partial charge in [-0.05, 0) is 0 Å². The Balaban J connectivity index is 2.23. The van der Waals surface area contributed by atoms with E-state index >= 15 is 0 Å². The average Bonchev–Trinajstić information content (AvgIpc) is 2.33. The average molecular weight is 122 g/mol. The molecule has 0 bridgehead atoms. The molecule has 2 rings (SSSR count). The third kappa shape index (κ3) is 0.675. The van der Waals surface area contributed by atoms with Gasteiger partial charge in [-0.3, -0.25) is 5.32 Å². The van der Waals surface area contributed by atoms with Crippen LogP contribution in [0.4, 0.5) is 0 Å². The molecule has 46 valence electrons. The fourth-order valence-corrected chi connectivity index (χ4v) is 0.804. The van der Waals surface area contributed by atoms with Crippen LogP contribution in [0.15, 0.2) is 16.9 Å². The SMILES string of the molecule is [C]1NC2=CN=CNC2N1. The van der Waals surface area contributed by atoms with Crippen LogP contribution in [0.2, 0.25) is 0 Å². The molecule has 9 heavy (non-hydrogen) atoms. The zero-order chi connectivity index (χ0) is 6.10. The topological polar surface area (TPSA) is 48.5 Å². The van der Waals surface area contributed by atoms with Crippen molar-refractivity contribution in [2.45, 2.75) is 6.17 Å². The van der Waals surface area contributed by atoms with Crippen LogP contribution in [-0.4, -0.2) is 12.5 Å². The summed E-state index contributed by atoms with van der Waals surface area (Å²) in [6, 6.07) is 0. The summed E-state index contributed by atoms with van der Waals surface area (Å²) in [5.74, 6) is 0. The van der Waals surface area contributed by atoms with Crippen LogP contribution in [-0.2, 0) is 0 Å². The Labute approximate surface area is 53.0 Å². The lowest BCUT2D eigenvalue weighted by Crippen LogP contribution is -2.38. The molecule has 0 aromatic carbocycles. The Kier molecular flexibility index (Phi) is 0.927. The summed E-state index contributed by atoms with van der Waals surface area (Å²) < 4.78 is 0. The maximum Gasteiger partial charge on any atom is 0.173 e. The zero-order valence-electron chi connectivity index (χ0n) is 4.68. The molecule has 4 nitrogen and oxygen atoms in total. The summed E-state index contributed by atoms with van der Waals surface area (Å²) in [5.41, 5.74) is 1.01. The van der Waals surface area contributed by atoms with Crippen molar-refractivity contribution >= 4 is 6.34 Å². The number of hydrogen-bond acceptors (Lipinski definition) is 4. The van der Waals surface area contributed by atoms with Gasteiger partial charge in [0, 0.05) is 0 Å². The number of nitrogens with one attached hydrogen (secondary N) is 3. The zero-order valence-corrected chi connectivity index (χ0v) is 4.68. The molecule has 4 heteroatoms. The lowest BCUT2D eigenvalue weighted by Gasteiger charge is -2.12. The van der Waals surface area contributed by atoms with Crippen molar-refractivity contribution in [1.29, 1.82) is 0 Å². The van der Waals surface area contributed by atoms with Crippen molar-refractivity contribution in [2.24, 2.45) is 4.99 Å². The maximum absolute atomic E-state index is 3.88. The first kappa shape index (κ1) is 4.81. The minimum absolute atomic E-state index is 0.155. The Hall–Kier alpha value is -1.03. The van der Waals surface area contributed by atoms with Gasteiger partial charge in [-0.1, -0.05) is 0 Å². The number of aliphatic imine (C=N–C) groups is 1. The highest BCUT2D eigenvalue weighted by Gasteiger charge is 2.20. The molecular weight excluding hydrogens is 116 g/mol. The highest BCUT2D eigenvalue weighted by molar-refractivity contribution is 5.58. The first-order valence-electron chi connectivity index (χ1n) is 2.71. The predicted octanol–water partition coefficient (Wildman–Crippen LogP) is -1.03. The second-order valence-electron chi connectivity index (χ2n) is 1.86. The molecular formula is C5H6N4. The summed E-state index contributed by atoms with van der Waals surface area (Å²) in [6.45, 7) is 2.75. The molecule has 1 atom stereocenters. The largest absolute Gasteiger partial charge is 0.360 e. The third-order valence-electron chi connectivity index (χ3n) is 1.26. The van der Waals surface area contributed by atoms with E-state index in [1.807, 2.05) is 0 Å². The van der Waals surface area contributed by atoms with Gasteiger partial charge < -0.3 is 10.6 Å². The number of hydrogen-bond donors (Lipinski definition) is 3. The van der Waals surface area contributed by atoms with Crippen LogP contribution < -0.4 is 16.0 Å². The highest BCUT2D eigenvalue weighted by Crippen LogP contribution is 2.04. The predicted molar refractivity (Wildman–Crippen MR) is 33.0 cm³/mol. The summed E-state index contributed by atoms with van der Waals surface area (Å²) >= 11 is 0. The summed E-state index contributed by atoms with van der Waals surface area (Å²) in [7, 11) is 0. The van der Waals surface area contributed by atoms with Crippen molar-refractivity contribution in [2.75, 3.05) is 0 Å².